The average molecular weight is 259 g/mol. The second-order valence-electron chi connectivity index (χ2n) is 6.05. The average Bonchev–Trinajstić information content (AvgIpc) is 2.25. The van der Waals surface area contributed by atoms with Crippen LogP contribution in [0.3, 0.4) is 0 Å². The molecule has 104 valence electrons. The van der Waals surface area contributed by atoms with Crippen molar-refractivity contribution in [2.45, 2.75) is 41.5 Å². The summed E-state index contributed by atoms with van der Waals surface area (Å²) in [6, 6.07) is 4.35. The van der Waals surface area contributed by atoms with Gasteiger partial charge in [0.1, 0.15) is 6.07 Å². The van der Waals surface area contributed by atoms with E-state index in [4.69, 9.17) is 0 Å². The van der Waals surface area contributed by atoms with Crippen LogP contribution in [0.15, 0.2) is 6.07 Å². The van der Waals surface area contributed by atoms with Crippen molar-refractivity contribution < 1.29 is 0 Å². The third-order valence-corrected chi connectivity index (χ3v) is 2.93. The van der Waals surface area contributed by atoms with E-state index in [9.17, 15) is 5.26 Å². The van der Waals surface area contributed by atoms with Crippen LogP contribution in [0.4, 0.5) is 5.69 Å². The van der Waals surface area contributed by atoms with E-state index in [0.29, 0.717) is 17.4 Å². The first-order valence-corrected chi connectivity index (χ1v) is 6.98. The van der Waals surface area contributed by atoms with E-state index in [1.165, 1.54) is 0 Å². The minimum absolute atomic E-state index is 0.569. The van der Waals surface area contributed by atoms with Crippen LogP contribution in [0.25, 0.3) is 0 Å². The molecular formula is C16H25N3. The Hall–Kier alpha value is -1.56. The molecule has 0 saturated heterocycles. The summed E-state index contributed by atoms with van der Waals surface area (Å²) in [4.78, 5) is 6.73. The van der Waals surface area contributed by atoms with Crippen molar-refractivity contribution in [1.82, 2.24) is 4.98 Å². The summed E-state index contributed by atoms with van der Waals surface area (Å²) in [5, 5.41) is 9.39. The van der Waals surface area contributed by atoms with Gasteiger partial charge in [0.2, 0.25) is 0 Å². The quantitative estimate of drug-likeness (QED) is 0.809. The fraction of sp³-hybridized carbons (Fsp3) is 0.625. The summed E-state index contributed by atoms with van der Waals surface area (Å²) in [6.07, 6.45) is 0. The minimum Gasteiger partial charge on any atom is -0.370 e. The van der Waals surface area contributed by atoms with Gasteiger partial charge in [0.05, 0.1) is 16.9 Å². The molecule has 0 aliphatic rings. The van der Waals surface area contributed by atoms with Gasteiger partial charge in [-0.2, -0.15) is 5.26 Å². The predicted molar refractivity (Wildman–Crippen MR) is 80.3 cm³/mol. The molecule has 1 rings (SSSR count). The molecule has 0 aromatic carbocycles. The van der Waals surface area contributed by atoms with Crippen LogP contribution < -0.4 is 4.90 Å². The van der Waals surface area contributed by atoms with Gasteiger partial charge in [-0.15, -0.1) is 0 Å². The monoisotopic (exact) mass is 259 g/mol. The van der Waals surface area contributed by atoms with Crippen molar-refractivity contribution >= 4 is 5.69 Å². The molecule has 1 aromatic rings. The van der Waals surface area contributed by atoms with Crippen molar-refractivity contribution in [3.63, 3.8) is 0 Å². The first-order chi connectivity index (χ1) is 8.85. The van der Waals surface area contributed by atoms with E-state index in [-0.39, 0.29) is 0 Å². The highest BCUT2D eigenvalue weighted by molar-refractivity contribution is 5.61. The smallest absolute Gasteiger partial charge is 0.103 e. The highest BCUT2D eigenvalue weighted by atomic mass is 15.1. The standard InChI is InChI=1S/C16H25N3/c1-11(2)9-19(10-12(3)4)16-7-13(5)18-14(6)15(16)8-17/h7,11-12H,9-10H2,1-6H3. The Balaban J connectivity index is 3.24. The Morgan fingerprint density at radius 1 is 1.16 bits per heavy atom. The zero-order valence-corrected chi connectivity index (χ0v) is 13.0. The maximum Gasteiger partial charge on any atom is 0.103 e. The molecule has 0 atom stereocenters. The second-order valence-corrected chi connectivity index (χ2v) is 6.05. The number of hydrogen-bond acceptors (Lipinski definition) is 3. The first-order valence-electron chi connectivity index (χ1n) is 6.98. The molecule has 0 bridgehead atoms. The fourth-order valence-electron chi connectivity index (χ4n) is 2.35. The summed E-state index contributed by atoms with van der Waals surface area (Å²) in [6.45, 7) is 14.7. The van der Waals surface area contributed by atoms with Crippen molar-refractivity contribution in [1.29, 1.82) is 5.26 Å². The number of pyridine rings is 1. The molecule has 1 heterocycles. The molecule has 0 fully saturated rings. The SMILES string of the molecule is Cc1cc(N(CC(C)C)CC(C)C)c(C#N)c(C)n1. The molecule has 0 N–H and O–H groups in total. The van der Waals surface area contributed by atoms with Crippen molar-refractivity contribution in [3.8, 4) is 6.07 Å². The number of nitriles is 1. The summed E-state index contributed by atoms with van der Waals surface area (Å²) >= 11 is 0. The Labute approximate surface area is 117 Å². The second kappa shape index (κ2) is 6.56. The maximum absolute atomic E-state index is 9.39. The molecule has 0 amide bonds. The van der Waals surface area contributed by atoms with E-state index in [1.807, 2.05) is 19.9 Å². The van der Waals surface area contributed by atoms with Crippen molar-refractivity contribution in [3.05, 3.63) is 23.0 Å². The Morgan fingerprint density at radius 3 is 2.11 bits per heavy atom. The van der Waals surface area contributed by atoms with Crippen LogP contribution in [0.5, 0.6) is 0 Å². The lowest BCUT2D eigenvalue weighted by Gasteiger charge is -2.29. The largest absolute Gasteiger partial charge is 0.370 e. The molecule has 1 aromatic heterocycles. The van der Waals surface area contributed by atoms with E-state index < -0.39 is 0 Å². The predicted octanol–water partition coefficient (Wildman–Crippen LogP) is 3.69. The third kappa shape index (κ3) is 4.24. The molecule has 0 spiro atoms. The molecule has 0 saturated carbocycles. The summed E-state index contributed by atoms with van der Waals surface area (Å²) in [5.74, 6) is 1.14. The van der Waals surface area contributed by atoms with E-state index >= 15 is 0 Å². The van der Waals surface area contributed by atoms with Crippen molar-refractivity contribution in [2.24, 2.45) is 11.8 Å². The van der Waals surface area contributed by atoms with Crippen LogP contribution in [0.2, 0.25) is 0 Å². The maximum atomic E-state index is 9.39. The minimum atomic E-state index is 0.569. The summed E-state index contributed by atoms with van der Waals surface area (Å²) in [5.41, 5.74) is 3.56. The van der Waals surface area contributed by atoms with Crippen LogP contribution in [0, 0.1) is 37.0 Å². The Morgan fingerprint density at radius 2 is 1.68 bits per heavy atom. The highest BCUT2D eigenvalue weighted by Gasteiger charge is 2.17. The van der Waals surface area contributed by atoms with Crippen LogP contribution >= 0.6 is 0 Å². The zero-order chi connectivity index (χ0) is 14.6. The topological polar surface area (TPSA) is 39.9 Å². The van der Waals surface area contributed by atoms with Gasteiger partial charge in [-0.25, -0.2) is 0 Å². The van der Waals surface area contributed by atoms with Gasteiger partial charge in [0, 0.05) is 18.8 Å². The molecule has 3 heteroatoms. The number of aryl methyl sites for hydroxylation is 2. The number of rotatable bonds is 5. The molecule has 0 unspecified atom stereocenters. The molecule has 3 nitrogen and oxygen atoms in total. The van der Waals surface area contributed by atoms with Gasteiger partial charge in [-0.05, 0) is 31.7 Å². The van der Waals surface area contributed by atoms with E-state index in [2.05, 4.69) is 43.6 Å². The van der Waals surface area contributed by atoms with Crippen molar-refractivity contribution in [2.75, 3.05) is 18.0 Å². The van der Waals surface area contributed by atoms with E-state index in [1.54, 1.807) is 0 Å². The van der Waals surface area contributed by atoms with Gasteiger partial charge >= 0.3 is 0 Å². The van der Waals surface area contributed by atoms with Gasteiger partial charge in [-0.3, -0.25) is 4.98 Å². The third-order valence-electron chi connectivity index (χ3n) is 2.93. The molecule has 0 radical (unpaired) electrons. The first kappa shape index (κ1) is 15.5. The highest BCUT2D eigenvalue weighted by Crippen LogP contribution is 2.25. The molecular weight excluding hydrogens is 234 g/mol. The normalized spacial score (nSPS) is 10.9. The van der Waals surface area contributed by atoms with Crippen LogP contribution in [-0.2, 0) is 0 Å². The van der Waals surface area contributed by atoms with Crippen LogP contribution in [-0.4, -0.2) is 18.1 Å². The lowest BCUT2D eigenvalue weighted by atomic mass is 10.1. The van der Waals surface area contributed by atoms with Gasteiger partial charge in [-0.1, -0.05) is 27.7 Å². The summed E-state index contributed by atoms with van der Waals surface area (Å²) in [7, 11) is 0. The van der Waals surface area contributed by atoms with Gasteiger partial charge in [0.15, 0.2) is 0 Å². The molecule has 19 heavy (non-hydrogen) atoms. The number of anilines is 1. The fourth-order valence-corrected chi connectivity index (χ4v) is 2.35. The molecule has 0 aliphatic carbocycles. The van der Waals surface area contributed by atoms with Gasteiger partial charge in [0.25, 0.3) is 0 Å². The van der Waals surface area contributed by atoms with Gasteiger partial charge < -0.3 is 4.90 Å². The lowest BCUT2D eigenvalue weighted by Crippen LogP contribution is -2.32. The number of hydrogen-bond donors (Lipinski definition) is 0. The number of aromatic nitrogens is 1. The van der Waals surface area contributed by atoms with E-state index in [0.717, 1.165) is 30.2 Å². The van der Waals surface area contributed by atoms with Crippen LogP contribution in [0.1, 0.15) is 44.6 Å². The Bertz CT molecular complexity index is 460. The summed E-state index contributed by atoms with van der Waals surface area (Å²) < 4.78 is 0. The Kier molecular flexibility index (Phi) is 5.35. The zero-order valence-electron chi connectivity index (χ0n) is 13.0. The molecule has 0 aliphatic heterocycles. The lowest BCUT2D eigenvalue weighted by molar-refractivity contribution is 0.552. The number of nitrogens with zero attached hydrogens (tertiary/aromatic N) is 3.